The zero-order valence-electron chi connectivity index (χ0n) is 12.1. The van der Waals surface area contributed by atoms with Gasteiger partial charge >= 0.3 is 0 Å². The molecular formula is C17H19NO3. The monoisotopic (exact) mass is 285 g/mol. The third-order valence-corrected chi connectivity index (χ3v) is 4.20. The number of furan rings is 1. The number of carbonyl (C=O) groups is 1. The average Bonchev–Trinajstić information content (AvgIpc) is 2.92. The van der Waals surface area contributed by atoms with Gasteiger partial charge in [-0.2, -0.15) is 0 Å². The van der Waals surface area contributed by atoms with Gasteiger partial charge in [0.05, 0.1) is 18.4 Å². The van der Waals surface area contributed by atoms with E-state index in [-0.39, 0.29) is 12.5 Å². The third kappa shape index (κ3) is 2.59. The number of hydrogen-bond donors (Lipinski definition) is 2. The molecule has 2 N–H and O–H groups in total. The highest BCUT2D eigenvalue weighted by atomic mass is 16.3. The van der Waals surface area contributed by atoms with Crippen molar-refractivity contribution in [1.82, 2.24) is 5.32 Å². The highest BCUT2D eigenvalue weighted by molar-refractivity contribution is 5.95. The van der Waals surface area contributed by atoms with E-state index in [1.54, 1.807) is 13.0 Å². The minimum Gasteiger partial charge on any atom is -0.469 e. The summed E-state index contributed by atoms with van der Waals surface area (Å²) in [6, 6.07) is 9.55. The summed E-state index contributed by atoms with van der Waals surface area (Å²) in [6.45, 7) is 1.97. The number of benzene rings is 1. The number of fused-ring (bicyclic) bond motifs is 1. The standard InChI is InChI=1S/C17H19NO3/c1-12-14(8-10-21-12)16(19)18-11-17(20)9-4-6-13-5-2-3-7-15(13)17/h2-3,5,7-8,10,20H,4,6,9,11H2,1H3,(H,18,19)/t17-/m1/s1. The number of aryl methyl sites for hydroxylation is 2. The summed E-state index contributed by atoms with van der Waals surface area (Å²) in [5.74, 6) is 0.376. The van der Waals surface area contributed by atoms with Crippen LogP contribution in [-0.4, -0.2) is 17.6 Å². The third-order valence-electron chi connectivity index (χ3n) is 4.20. The smallest absolute Gasteiger partial charge is 0.254 e. The summed E-state index contributed by atoms with van der Waals surface area (Å²) in [7, 11) is 0. The van der Waals surface area contributed by atoms with Gasteiger partial charge in [-0.1, -0.05) is 24.3 Å². The zero-order valence-corrected chi connectivity index (χ0v) is 12.1. The topological polar surface area (TPSA) is 62.5 Å². The Balaban J connectivity index is 1.76. The molecule has 2 aromatic rings. The minimum absolute atomic E-state index is 0.210. The van der Waals surface area contributed by atoms with Crippen LogP contribution in [0.25, 0.3) is 0 Å². The second kappa shape index (κ2) is 5.37. The van der Waals surface area contributed by atoms with Gasteiger partial charge in [-0.15, -0.1) is 0 Å². The van der Waals surface area contributed by atoms with Gasteiger partial charge in [-0.25, -0.2) is 0 Å². The lowest BCUT2D eigenvalue weighted by Crippen LogP contribution is -2.43. The number of carbonyl (C=O) groups excluding carboxylic acids is 1. The molecule has 1 heterocycles. The van der Waals surface area contributed by atoms with Gasteiger partial charge in [-0.3, -0.25) is 4.79 Å². The Labute approximate surface area is 123 Å². The Morgan fingerprint density at radius 1 is 1.38 bits per heavy atom. The molecule has 21 heavy (non-hydrogen) atoms. The zero-order chi connectivity index (χ0) is 14.9. The van der Waals surface area contributed by atoms with Crippen molar-refractivity contribution in [1.29, 1.82) is 0 Å². The highest BCUT2D eigenvalue weighted by Crippen LogP contribution is 2.34. The lowest BCUT2D eigenvalue weighted by Gasteiger charge is -2.34. The van der Waals surface area contributed by atoms with Crippen molar-refractivity contribution in [2.75, 3.05) is 6.54 Å². The Bertz CT molecular complexity index is 662. The van der Waals surface area contributed by atoms with Gasteiger partial charge in [0.2, 0.25) is 0 Å². The first kappa shape index (κ1) is 13.9. The summed E-state index contributed by atoms with van der Waals surface area (Å²) in [5, 5.41) is 13.7. The number of hydrogen-bond acceptors (Lipinski definition) is 3. The van der Waals surface area contributed by atoms with Gasteiger partial charge in [0.25, 0.3) is 5.91 Å². The molecule has 1 aliphatic rings. The molecule has 0 fully saturated rings. The first-order valence-corrected chi connectivity index (χ1v) is 7.23. The maximum absolute atomic E-state index is 12.1. The Morgan fingerprint density at radius 3 is 2.95 bits per heavy atom. The van der Waals surface area contributed by atoms with Crippen molar-refractivity contribution in [2.45, 2.75) is 31.8 Å². The van der Waals surface area contributed by atoms with Gasteiger partial charge < -0.3 is 14.8 Å². The SMILES string of the molecule is Cc1occc1C(=O)NC[C@]1(O)CCCc2ccccc21. The van der Waals surface area contributed by atoms with Crippen LogP contribution in [-0.2, 0) is 12.0 Å². The number of nitrogens with one attached hydrogen (secondary N) is 1. The van der Waals surface area contributed by atoms with E-state index < -0.39 is 5.60 Å². The van der Waals surface area contributed by atoms with Crippen LogP contribution < -0.4 is 5.32 Å². The van der Waals surface area contributed by atoms with Crippen LogP contribution in [0.2, 0.25) is 0 Å². The van der Waals surface area contributed by atoms with E-state index in [9.17, 15) is 9.90 Å². The molecular weight excluding hydrogens is 266 g/mol. The van der Waals surface area contributed by atoms with Crippen LogP contribution in [0, 0.1) is 6.92 Å². The molecule has 3 rings (SSSR count). The second-order valence-corrected chi connectivity index (χ2v) is 5.62. The summed E-state index contributed by atoms with van der Waals surface area (Å²) in [5.41, 5.74) is 1.63. The fraction of sp³-hybridized carbons (Fsp3) is 0.353. The van der Waals surface area contributed by atoms with Crippen LogP contribution in [0.3, 0.4) is 0 Å². The van der Waals surface area contributed by atoms with Crippen molar-refractivity contribution in [3.05, 3.63) is 59.0 Å². The molecule has 0 saturated heterocycles. The predicted molar refractivity (Wildman–Crippen MR) is 79.1 cm³/mol. The summed E-state index contributed by atoms with van der Waals surface area (Å²) in [4.78, 5) is 12.1. The highest BCUT2D eigenvalue weighted by Gasteiger charge is 2.34. The fourth-order valence-corrected chi connectivity index (χ4v) is 3.02. The van der Waals surface area contributed by atoms with Crippen molar-refractivity contribution >= 4 is 5.91 Å². The van der Waals surface area contributed by atoms with Crippen molar-refractivity contribution < 1.29 is 14.3 Å². The maximum atomic E-state index is 12.1. The van der Waals surface area contributed by atoms with E-state index >= 15 is 0 Å². The molecule has 4 nitrogen and oxygen atoms in total. The first-order chi connectivity index (χ1) is 10.1. The van der Waals surface area contributed by atoms with E-state index in [1.165, 1.54) is 11.8 Å². The molecule has 0 unspecified atom stereocenters. The second-order valence-electron chi connectivity index (χ2n) is 5.62. The molecule has 0 aliphatic heterocycles. The van der Waals surface area contributed by atoms with Crippen LogP contribution in [0.5, 0.6) is 0 Å². The molecule has 0 saturated carbocycles. The van der Waals surface area contributed by atoms with Gasteiger partial charge in [-0.05, 0) is 43.4 Å². The average molecular weight is 285 g/mol. The molecule has 1 amide bonds. The van der Waals surface area contributed by atoms with E-state index in [4.69, 9.17) is 4.42 Å². The molecule has 0 radical (unpaired) electrons. The quantitative estimate of drug-likeness (QED) is 0.911. The Hall–Kier alpha value is -2.07. The van der Waals surface area contributed by atoms with Crippen molar-refractivity contribution in [2.24, 2.45) is 0 Å². The number of aliphatic hydroxyl groups is 1. The number of rotatable bonds is 3. The van der Waals surface area contributed by atoms with Crippen LogP contribution in [0.15, 0.2) is 41.0 Å². The van der Waals surface area contributed by atoms with Gasteiger partial charge in [0, 0.05) is 0 Å². The molecule has 4 heteroatoms. The maximum Gasteiger partial charge on any atom is 0.254 e. The van der Waals surface area contributed by atoms with Crippen LogP contribution in [0.1, 0.15) is 40.1 Å². The van der Waals surface area contributed by atoms with E-state index in [1.807, 2.05) is 24.3 Å². The summed E-state index contributed by atoms with van der Waals surface area (Å²) in [6.07, 6.45) is 4.06. The molecule has 1 atom stereocenters. The predicted octanol–water partition coefficient (Wildman–Crippen LogP) is 2.54. The lowest BCUT2D eigenvalue weighted by molar-refractivity contribution is 0.0189. The van der Waals surface area contributed by atoms with Crippen molar-refractivity contribution in [3.63, 3.8) is 0 Å². The Morgan fingerprint density at radius 2 is 2.19 bits per heavy atom. The first-order valence-electron chi connectivity index (χ1n) is 7.23. The van der Waals surface area contributed by atoms with Crippen LogP contribution >= 0.6 is 0 Å². The summed E-state index contributed by atoms with van der Waals surface area (Å²) >= 11 is 0. The molecule has 1 aromatic carbocycles. The largest absolute Gasteiger partial charge is 0.469 e. The summed E-state index contributed by atoms with van der Waals surface area (Å²) < 4.78 is 5.14. The van der Waals surface area contributed by atoms with E-state index in [0.717, 1.165) is 18.4 Å². The molecule has 0 spiro atoms. The minimum atomic E-state index is -0.984. The molecule has 1 aliphatic carbocycles. The molecule has 0 bridgehead atoms. The Kier molecular flexibility index (Phi) is 3.55. The normalized spacial score (nSPS) is 20.9. The van der Waals surface area contributed by atoms with E-state index in [2.05, 4.69) is 5.32 Å². The lowest BCUT2D eigenvalue weighted by atomic mass is 9.79. The molecule has 110 valence electrons. The van der Waals surface area contributed by atoms with E-state index in [0.29, 0.717) is 17.7 Å². The van der Waals surface area contributed by atoms with Crippen LogP contribution in [0.4, 0.5) is 0 Å². The van der Waals surface area contributed by atoms with Gasteiger partial charge in [0.15, 0.2) is 0 Å². The number of amides is 1. The molecule has 1 aromatic heterocycles. The van der Waals surface area contributed by atoms with Crippen molar-refractivity contribution in [3.8, 4) is 0 Å². The van der Waals surface area contributed by atoms with Gasteiger partial charge in [0.1, 0.15) is 11.4 Å². The fourth-order valence-electron chi connectivity index (χ4n) is 3.02.